The minimum atomic E-state index is -0.689. The smallest absolute Gasteiger partial charge is 0.248 e. The third-order valence-corrected chi connectivity index (χ3v) is 10.7. The molecule has 0 spiro atoms. The maximum Gasteiger partial charge on any atom is 0.248 e. The molecule has 248 valence electrons. The number of alkyl halides is 1. The number of hydrogen-bond donors (Lipinski definition) is 2. The number of aromatic nitrogens is 3. The number of benzene rings is 4. The lowest BCUT2D eigenvalue weighted by Crippen LogP contribution is -2.54. The molecule has 0 saturated carbocycles. The molecule has 1 fully saturated rings. The summed E-state index contributed by atoms with van der Waals surface area (Å²) in [5.74, 6) is -0.102. The molecular formula is C46H31ClN4O. The molecule has 2 unspecified atom stereocenters. The van der Waals surface area contributed by atoms with Gasteiger partial charge in [-0.2, -0.15) is 0 Å². The van der Waals surface area contributed by atoms with Crippen LogP contribution in [0.4, 0.5) is 5.69 Å². The molecule has 2 N–H and O–H groups in total. The summed E-state index contributed by atoms with van der Waals surface area (Å²) in [7, 11) is 0. The first kappa shape index (κ1) is 30.4. The molecule has 1 saturated heterocycles. The van der Waals surface area contributed by atoms with Crippen LogP contribution >= 0.6 is 11.6 Å². The Kier molecular flexibility index (Phi) is 7.08. The highest BCUT2D eigenvalue weighted by atomic mass is 35.5. The van der Waals surface area contributed by atoms with E-state index in [1.54, 1.807) is 0 Å². The zero-order valence-corrected chi connectivity index (χ0v) is 28.7. The van der Waals surface area contributed by atoms with E-state index < -0.39 is 5.38 Å². The maximum atomic E-state index is 13.8. The third-order valence-electron chi connectivity index (χ3n) is 10.3. The Morgan fingerprint density at radius 1 is 0.500 bits per heavy atom. The fourth-order valence-corrected chi connectivity index (χ4v) is 8.32. The molecule has 8 bridgehead atoms. The van der Waals surface area contributed by atoms with Crippen LogP contribution in [0.5, 0.6) is 0 Å². The van der Waals surface area contributed by atoms with Gasteiger partial charge in [0.2, 0.25) is 5.91 Å². The summed E-state index contributed by atoms with van der Waals surface area (Å²) in [6.07, 6.45) is 4.22. The number of hydrogen-bond acceptors (Lipinski definition) is 2. The van der Waals surface area contributed by atoms with Crippen LogP contribution in [0, 0.1) is 0 Å². The van der Waals surface area contributed by atoms with Crippen molar-refractivity contribution in [3.8, 4) is 44.5 Å². The maximum absolute atomic E-state index is 13.8. The van der Waals surface area contributed by atoms with Gasteiger partial charge in [0.15, 0.2) is 0 Å². The Hall–Kier alpha value is -6.43. The zero-order chi connectivity index (χ0) is 34.8. The average Bonchev–Trinajstić information content (AvgIpc) is 4.02. The molecule has 3 aliphatic heterocycles. The Morgan fingerprint density at radius 3 is 1.35 bits per heavy atom. The van der Waals surface area contributed by atoms with Crippen molar-refractivity contribution in [2.24, 2.45) is 0 Å². The van der Waals surface area contributed by atoms with Crippen LogP contribution < -0.4 is 4.90 Å². The van der Waals surface area contributed by atoms with Crippen LogP contribution in [-0.2, 0) is 4.79 Å². The van der Waals surface area contributed by atoms with Gasteiger partial charge in [-0.3, -0.25) is 4.79 Å². The number of aromatic amines is 2. The van der Waals surface area contributed by atoms with Gasteiger partial charge in [0.05, 0.1) is 23.1 Å². The summed E-state index contributed by atoms with van der Waals surface area (Å²) in [6.45, 7) is 0. The molecule has 1 amide bonds. The van der Waals surface area contributed by atoms with Gasteiger partial charge in [-0.05, 0) is 70.3 Å². The zero-order valence-electron chi connectivity index (χ0n) is 27.9. The van der Waals surface area contributed by atoms with E-state index in [4.69, 9.17) is 16.6 Å². The molecule has 0 radical (unpaired) electrons. The molecule has 4 aromatic carbocycles. The number of halogens is 1. The Morgan fingerprint density at radius 2 is 0.885 bits per heavy atom. The van der Waals surface area contributed by atoms with Crippen molar-refractivity contribution < 1.29 is 4.79 Å². The van der Waals surface area contributed by atoms with Crippen molar-refractivity contribution in [1.82, 2.24) is 15.0 Å². The van der Waals surface area contributed by atoms with Crippen molar-refractivity contribution in [2.45, 2.75) is 11.4 Å². The number of carbonyl (C=O) groups excluding carboxylic acids is 1. The highest BCUT2D eigenvalue weighted by Gasteiger charge is 2.52. The van der Waals surface area contributed by atoms with E-state index in [2.05, 4.69) is 125 Å². The number of nitrogens with zero attached hydrogens (tertiary/aromatic N) is 2. The summed E-state index contributed by atoms with van der Waals surface area (Å²) in [5, 5.41) is -0.689. The lowest BCUT2D eigenvalue weighted by Gasteiger charge is -2.41. The second-order valence-electron chi connectivity index (χ2n) is 13.3. The van der Waals surface area contributed by atoms with E-state index in [9.17, 15) is 4.79 Å². The molecule has 52 heavy (non-hydrogen) atoms. The van der Waals surface area contributed by atoms with Gasteiger partial charge in [0.25, 0.3) is 0 Å². The van der Waals surface area contributed by atoms with Crippen molar-refractivity contribution in [3.05, 3.63) is 169 Å². The monoisotopic (exact) mass is 690 g/mol. The number of nitrogens with one attached hydrogen (secondary N) is 2. The number of amides is 1. The lowest BCUT2D eigenvalue weighted by molar-refractivity contribution is -0.123. The molecular weight excluding hydrogens is 660 g/mol. The second kappa shape index (κ2) is 12.1. The van der Waals surface area contributed by atoms with Gasteiger partial charge in [0.1, 0.15) is 5.38 Å². The number of anilines is 1. The van der Waals surface area contributed by atoms with Crippen molar-refractivity contribution >= 4 is 57.4 Å². The second-order valence-corrected chi connectivity index (χ2v) is 13.8. The summed E-state index contributed by atoms with van der Waals surface area (Å²) < 4.78 is 0. The van der Waals surface area contributed by atoms with Crippen LogP contribution in [0.3, 0.4) is 0 Å². The van der Waals surface area contributed by atoms with Gasteiger partial charge in [-0.1, -0.05) is 121 Å². The first-order chi connectivity index (χ1) is 25.6. The topological polar surface area (TPSA) is 64.8 Å². The fourth-order valence-electron chi connectivity index (χ4n) is 7.97. The molecule has 10 rings (SSSR count). The SMILES string of the molecule is O=C1C(Cl)C2c3cc(c(-c4ccccc4)c4ccc([nH]4)c(-c4ccccc4)c4nc(c(-c5ccccc5)c5ccc([nH]5)c3-c3ccccc3)C=C4)N12. The van der Waals surface area contributed by atoms with E-state index in [1.807, 2.05) is 53.4 Å². The van der Waals surface area contributed by atoms with Crippen molar-refractivity contribution in [2.75, 3.05) is 4.90 Å². The first-order valence-electron chi connectivity index (χ1n) is 17.4. The molecule has 6 heterocycles. The van der Waals surface area contributed by atoms with E-state index in [0.717, 1.165) is 89.2 Å². The van der Waals surface area contributed by atoms with Crippen LogP contribution in [0.15, 0.2) is 152 Å². The van der Waals surface area contributed by atoms with E-state index in [1.165, 1.54) is 0 Å². The molecule has 0 aliphatic carbocycles. The minimum absolute atomic E-state index is 0.102. The molecule has 3 aromatic heterocycles. The summed E-state index contributed by atoms with van der Waals surface area (Å²) >= 11 is 6.98. The number of H-pyrrole nitrogens is 2. The predicted octanol–water partition coefficient (Wildman–Crippen LogP) is 11.5. The van der Waals surface area contributed by atoms with Gasteiger partial charge >= 0.3 is 0 Å². The van der Waals surface area contributed by atoms with Gasteiger partial charge in [0, 0.05) is 44.3 Å². The Balaban J connectivity index is 1.43. The van der Waals surface area contributed by atoms with Gasteiger partial charge < -0.3 is 14.9 Å². The number of carbonyl (C=O) groups is 1. The van der Waals surface area contributed by atoms with Crippen molar-refractivity contribution in [3.63, 3.8) is 0 Å². The van der Waals surface area contributed by atoms with E-state index in [-0.39, 0.29) is 11.9 Å². The molecule has 5 nitrogen and oxygen atoms in total. The molecule has 3 aliphatic rings. The van der Waals surface area contributed by atoms with Crippen LogP contribution in [-0.4, -0.2) is 26.2 Å². The standard InChI is InChI=1S/C46H31ClN4O/c47-44-45-32-27-39(51(45)46(44)52)43(31-19-11-4-12-20-31)38-26-25-37(50-38)42(30-17-9-3-10-18-30)36-24-23-35(49-36)41(29-15-7-2-8-16-29)34-22-21-33(48-34)40(32)28-13-5-1-6-14-28/h1-27,44-45,48,50H. The highest BCUT2D eigenvalue weighted by molar-refractivity contribution is 6.38. The predicted molar refractivity (Wildman–Crippen MR) is 214 cm³/mol. The quantitative estimate of drug-likeness (QED) is 0.143. The Bertz CT molecular complexity index is 2720. The lowest BCUT2D eigenvalue weighted by atomic mass is 9.91. The third kappa shape index (κ3) is 4.78. The minimum Gasteiger partial charge on any atom is -0.354 e. The van der Waals surface area contributed by atoms with E-state index >= 15 is 0 Å². The fraction of sp³-hybridized carbons (Fsp3) is 0.0435. The van der Waals surface area contributed by atoms with Crippen LogP contribution in [0.25, 0.3) is 78.7 Å². The Labute approximate surface area is 305 Å². The summed E-state index contributed by atoms with van der Waals surface area (Å²) in [5.41, 5.74) is 15.3. The van der Waals surface area contributed by atoms with Gasteiger partial charge in [-0.15, -0.1) is 11.6 Å². The average molecular weight is 691 g/mol. The molecule has 7 aromatic rings. The first-order valence-corrected chi connectivity index (χ1v) is 17.9. The molecule has 2 atom stereocenters. The number of fused-ring (bicyclic) bond motifs is 11. The summed E-state index contributed by atoms with van der Waals surface area (Å²) in [6, 6.07) is 51.7. The van der Waals surface area contributed by atoms with Crippen LogP contribution in [0.1, 0.15) is 23.0 Å². The number of β-lactam (4-membered cyclic amide) rings is 1. The number of rotatable bonds is 4. The van der Waals surface area contributed by atoms with Gasteiger partial charge in [-0.25, -0.2) is 4.98 Å². The van der Waals surface area contributed by atoms with Crippen LogP contribution in [0.2, 0.25) is 0 Å². The normalized spacial score (nSPS) is 16.1. The molecule has 6 heteroatoms. The summed E-state index contributed by atoms with van der Waals surface area (Å²) in [4.78, 5) is 28.7. The largest absolute Gasteiger partial charge is 0.354 e. The van der Waals surface area contributed by atoms with Crippen molar-refractivity contribution in [1.29, 1.82) is 0 Å². The highest BCUT2D eigenvalue weighted by Crippen LogP contribution is 2.54. The van der Waals surface area contributed by atoms with E-state index in [0.29, 0.717) is 0 Å².